The number of anilines is 3. The zero-order chi connectivity index (χ0) is 44.1. The number of aromatic nitrogens is 1. The smallest absolute Gasteiger partial charge is 0.0731 e. The zero-order valence-corrected chi connectivity index (χ0v) is 36.6. The Morgan fingerprint density at radius 1 is 0.299 bits per heavy atom. The topological polar surface area (TPSA) is 8.17 Å². The van der Waals surface area contributed by atoms with Crippen LogP contribution < -0.4 is 4.90 Å². The van der Waals surface area contributed by atoms with E-state index in [1.165, 1.54) is 82.7 Å². The van der Waals surface area contributed by atoms with E-state index in [0.29, 0.717) is 0 Å². The van der Waals surface area contributed by atoms with Gasteiger partial charge < -0.3 is 9.47 Å². The SMILES string of the molecule is c1ccc(-c2cc(-c3ccccc3)cc(N(c3ccc4c5ccccc5n(-c5ccccc5)c4c3)c3cccc4c5c(ccc34)-c3ccccc3C53c4ccccc4-c4ccccc43)c2)cc1. The summed E-state index contributed by atoms with van der Waals surface area (Å²) in [5.74, 6) is 0. The molecule has 1 spiro atoms. The lowest BCUT2D eigenvalue weighted by molar-refractivity contribution is 0.801. The molecule has 2 aliphatic rings. The Kier molecular flexibility index (Phi) is 8.23. The van der Waals surface area contributed by atoms with Crippen molar-refractivity contribution in [1.82, 2.24) is 4.57 Å². The van der Waals surface area contributed by atoms with Crippen LogP contribution in [-0.4, -0.2) is 4.57 Å². The normalized spacial score (nSPS) is 12.9. The molecule has 67 heavy (non-hydrogen) atoms. The van der Waals surface area contributed by atoms with Gasteiger partial charge in [0.25, 0.3) is 0 Å². The molecule has 2 nitrogen and oxygen atoms in total. The van der Waals surface area contributed by atoms with Crippen LogP contribution in [0.2, 0.25) is 0 Å². The van der Waals surface area contributed by atoms with Crippen LogP contribution in [0.3, 0.4) is 0 Å². The molecule has 0 saturated heterocycles. The Balaban J connectivity index is 1.09. The number of para-hydroxylation sites is 2. The van der Waals surface area contributed by atoms with E-state index in [1.807, 2.05) is 0 Å². The minimum absolute atomic E-state index is 0.481. The van der Waals surface area contributed by atoms with Crippen LogP contribution in [0.4, 0.5) is 17.1 Å². The average molecular weight is 851 g/mol. The molecule has 0 unspecified atom stereocenters. The van der Waals surface area contributed by atoms with Gasteiger partial charge in [0.15, 0.2) is 0 Å². The molecule has 2 heteroatoms. The maximum Gasteiger partial charge on any atom is 0.0731 e. The Labute approximate surface area is 389 Å². The van der Waals surface area contributed by atoms with Crippen molar-refractivity contribution >= 4 is 49.6 Å². The predicted octanol–water partition coefficient (Wildman–Crippen LogP) is 17.1. The number of rotatable bonds is 6. The highest BCUT2D eigenvalue weighted by Gasteiger charge is 2.52. The van der Waals surface area contributed by atoms with Crippen molar-refractivity contribution in [3.8, 4) is 50.2 Å². The molecule has 2 aliphatic carbocycles. The molecular formula is C65H42N2. The molecule has 11 aromatic carbocycles. The van der Waals surface area contributed by atoms with E-state index < -0.39 is 5.41 Å². The van der Waals surface area contributed by atoms with E-state index in [0.717, 1.165) is 39.4 Å². The van der Waals surface area contributed by atoms with Gasteiger partial charge in [0, 0.05) is 33.2 Å². The molecule has 312 valence electrons. The number of benzene rings is 11. The molecule has 1 aromatic heterocycles. The molecule has 0 atom stereocenters. The van der Waals surface area contributed by atoms with Crippen molar-refractivity contribution in [3.05, 3.63) is 277 Å². The fourth-order valence-electron chi connectivity index (χ4n) is 11.9. The van der Waals surface area contributed by atoms with Crippen LogP contribution in [0.1, 0.15) is 22.3 Å². The first-order valence-corrected chi connectivity index (χ1v) is 23.3. The molecule has 12 aromatic rings. The molecule has 1 heterocycles. The Morgan fingerprint density at radius 2 is 0.806 bits per heavy atom. The van der Waals surface area contributed by atoms with Crippen molar-refractivity contribution in [2.75, 3.05) is 4.90 Å². The van der Waals surface area contributed by atoms with Gasteiger partial charge in [-0.25, -0.2) is 0 Å². The third-order valence-electron chi connectivity index (χ3n) is 14.5. The molecule has 0 saturated carbocycles. The van der Waals surface area contributed by atoms with E-state index in [9.17, 15) is 0 Å². The summed E-state index contributed by atoms with van der Waals surface area (Å²) in [4.78, 5) is 2.52. The van der Waals surface area contributed by atoms with Gasteiger partial charge in [0.05, 0.1) is 22.1 Å². The summed E-state index contributed by atoms with van der Waals surface area (Å²) in [5, 5.41) is 4.91. The minimum Gasteiger partial charge on any atom is -0.310 e. The van der Waals surface area contributed by atoms with Crippen LogP contribution in [0.15, 0.2) is 255 Å². The number of nitrogens with zero attached hydrogens (tertiary/aromatic N) is 2. The predicted molar refractivity (Wildman–Crippen MR) is 280 cm³/mol. The lowest BCUT2D eigenvalue weighted by Gasteiger charge is -2.32. The monoisotopic (exact) mass is 850 g/mol. The molecule has 0 bridgehead atoms. The van der Waals surface area contributed by atoms with Gasteiger partial charge in [-0.2, -0.15) is 0 Å². The molecule has 0 aliphatic heterocycles. The number of hydrogen-bond acceptors (Lipinski definition) is 1. The highest BCUT2D eigenvalue weighted by molar-refractivity contribution is 6.12. The van der Waals surface area contributed by atoms with Crippen molar-refractivity contribution in [2.24, 2.45) is 0 Å². The number of hydrogen-bond donors (Lipinski definition) is 0. The van der Waals surface area contributed by atoms with Gasteiger partial charge in [-0.05, 0) is 127 Å². The van der Waals surface area contributed by atoms with E-state index in [4.69, 9.17) is 0 Å². The molecule has 0 N–H and O–H groups in total. The molecular weight excluding hydrogens is 809 g/mol. The van der Waals surface area contributed by atoms with Crippen molar-refractivity contribution in [1.29, 1.82) is 0 Å². The van der Waals surface area contributed by atoms with Crippen LogP contribution in [0.25, 0.3) is 82.8 Å². The van der Waals surface area contributed by atoms with Gasteiger partial charge in [0.1, 0.15) is 0 Å². The Hall–Kier alpha value is -8.72. The third-order valence-corrected chi connectivity index (χ3v) is 14.5. The summed E-state index contributed by atoms with van der Waals surface area (Å²) < 4.78 is 2.42. The van der Waals surface area contributed by atoms with E-state index in [-0.39, 0.29) is 0 Å². The Morgan fingerprint density at radius 3 is 1.45 bits per heavy atom. The van der Waals surface area contributed by atoms with Crippen LogP contribution in [0, 0.1) is 0 Å². The standard InChI is InChI=1S/C65H42N2/c1-4-19-43(20-5-1)45-39-46(44-21-6-2-7-22-44)41-49(40-45)66(48-35-36-54-53-28-13-17-33-62(53)67(63(54)42-48)47-23-8-3-9-24-47)61-34-18-29-56-55(61)37-38-57-52-27-12-16-32-60(52)65(64(56)57)58-30-14-10-25-50(58)51-26-11-15-31-59(51)65/h1-42H. The van der Waals surface area contributed by atoms with Gasteiger partial charge in [-0.3, -0.25) is 0 Å². The maximum atomic E-state index is 2.52. The van der Waals surface area contributed by atoms with E-state index in [1.54, 1.807) is 0 Å². The number of fused-ring (bicyclic) bond motifs is 15. The summed E-state index contributed by atoms with van der Waals surface area (Å²) in [6.07, 6.45) is 0. The van der Waals surface area contributed by atoms with Crippen LogP contribution in [0.5, 0.6) is 0 Å². The van der Waals surface area contributed by atoms with E-state index >= 15 is 0 Å². The fourth-order valence-corrected chi connectivity index (χ4v) is 11.9. The third kappa shape index (κ3) is 5.45. The summed E-state index contributed by atoms with van der Waals surface area (Å²) in [5.41, 5.74) is 21.6. The zero-order valence-electron chi connectivity index (χ0n) is 36.6. The fraction of sp³-hybridized carbons (Fsp3) is 0.0154. The maximum absolute atomic E-state index is 2.52. The minimum atomic E-state index is -0.481. The van der Waals surface area contributed by atoms with Gasteiger partial charge >= 0.3 is 0 Å². The Bertz CT molecular complexity index is 3800. The van der Waals surface area contributed by atoms with Crippen molar-refractivity contribution in [2.45, 2.75) is 5.41 Å². The summed E-state index contributed by atoms with van der Waals surface area (Å²) in [6, 6.07) is 94.5. The van der Waals surface area contributed by atoms with E-state index in [2.05, 4.69) is 264 Å². The molecule has 14 rings (SSSR count). The first-order chi connectivity index (χ1) is 33.3. The molecule has 0 fully saturated rings. The average Bonchev–Trinajstić information content (AvgIpc) is 4.01. The summed E-state index contributed by atoms with van der Waals surface area (Å²) >= 11 is 0. The second-order valence-corrected chi connectivity index (χ2v) is 18.0. The largest absolute Gasteiger partial charge is 0.310 e. The van der Waals surface area contributed by atoms with Gasteiger partial charge in [0.2, 0.25) is 0 Å². The quantitative estimate of drug-likeness (QED) is 0.162. The van der Waals surface area contributed by atoms with Crippen LogP contribution in [-0.2, 0) is 5.41 Å². The first kappa shape index (κ1) is 37.6. The lowest BCUT2D eigenvalue weighted by atomic mass is 9.69. The van der Waals surface area contributed by atoms with Crippen LogP contribution >= 0.6 is 0 Å². The van der Waals surface area contributed by atoms with Gasteiger partial charge in [-0.15, -0.1) is 0 Å². The summed E-state index contributed by atoms with van der Waals surface area (Å²) in [6.45, 7) is 0. The lowest BCUT2D eigenvalue weighted by Crippen LogP contribution is -2.26. The molecule has 0 amide bonds. The second-order valence-electron chi connectivity index (χ2n) is 18.0. The highest BCUT2D eigenvalue weighted by Crippen LogP contribution is 2.64. The molecule has 0 radical (unpaired) electrons. The first-order valence-electron chi connectivity index (χ1n) is 23.3. The summed E-state index contributed by atoms with van der Waals surface area (Å²) in [7, 11) is 0. The van der Waals surface area contributed by atoms with Crippen molar-refractivity contribution in [3.63, 3.8) is 0 Å². The van der Waals surface area contributed by atoms with Crippen molar-refractivity contribution < 1.29 is 0 Å². The second kappa shape index (κ2) is 14.7. The van der Waals surface area contributed by atoms with Gasteiger partial charge in [-0.1, -0.05) is 200 Å². The highest BCUT2D eigenvalue weighted by atomic mass is 15.1.